The molecule has 1 aliphatic rings. The molecule has 1 aliphatic heterocycles. The summed E-state index contributed by atoms with van der Waals surface area (Å²) in [5.74, 6) is 1.71. The van der Waals surface area contributed by atoms with Gasteiger partial charge < -0.3 is 20.1 Å². The number of nitrogens with zero attached hydrogens (tertiary/aromatic N) is 1. The molecule has 0 amide bonds. The molecule has 0 fully saturated rings. The Morgan fingerprint density at radius 2 is 2.00 bits per heavy atom. The predicted octanol–water partition coefficient (Wildman–Crippen LogP) is 2.02. The predicted molar refractivity (Wildman–Crippen MR) is 76.6 cm³/mol. The Morgan fingerprint density at radius 3 is 2.74 bits per heavy atom. The maximum absolute atomic E-state index is 5.66. The Morgan fingerprint density at radius 1 is 1.26 bits per heavy atom. The highest BCUT2D eigenvalue weighted by molar-refractivity contribution is 5.44. The van der Waals surface area contributed by atoms with Gasteiger partial charge in [0.1, 0.15) is 0 Å². The summed E-state index contributed by atoms with van der Waals surface area (Å²) in [4.78, 5) is 2.37. The molecule has 1 aromatic rings. The van der Waals surface area contributed by atoms with Crippen LogP contribution in [0.15, 0.2) is 18.2 Å². The van der Waals surface area contributed by atoms with E-state index in [-0.39, 0.29) is 5.54 Å². The molecule has 1 aromatic carbocycles. The number of nitrogens with two attached hydrogens (primary N) is 1. The number of ether oxygens (including phenoxy) is 2. The largest absolute Gasteiger partial charge is 0.454 e. The number of benzene rings is 1. The first kappa shape index (κ1) is 14.2. The third-order valence-corrected chi connectivity index (χ3v) is 3.96. The first-order valence-corrected chi connectivity index (χ1v) is 6.83. The summed E-state index contributed by atoms with van der Waals surface area (Å²) in [7, 11) is 2.16. The second kappa shape index (κ2) is 5.80. The monoisotopic (exact) mass is 264 g/mol. The van der Waals surface area contributed by atoms with E-state index in [1.165, 1.54) is 5.56 Å². The van der Waals surface area contributed by atoms with Crippen LogP contribution in [0.5, 0.6) is 11.5 Å². The summed E-state index contributed by atoms with van der Waals surface area (Å²) >= 11 is 0. The molecule has 0 atom stereocenters. The van der Waals surface area contributed by atoms with E-state index in [9.17, 15) is 0 Å². The third-order valence-electron chi connectivity index (χ3n) is 3.96. The van der Waals surface area contributed by atoms with Gasteiger partial charge in [-0.25, -0.2) is 0 Å². The van der Waals surface area contributed by atoms with Crippen molar-refractivity contribution in [1.82, 2.24) is 4.90 Å². The van der Waals surface area contributed by atoms with Crippen LogP contribution in [0.1, 0.15) is 25.8 Å². The molecule has 0 spiro atoms. The van der Waals surface area contributed by atoms with Crippen molar-refractivity contribution in [2.45, 2.75) is 32.2 Å². The fraction of sp³-hybridized carbons (Fsp3) is 0.600. The quantitative estimate of drug-likeness (QED) is 0.854. The van der Waals surface area contributed by atoms with Crippen molar-refractivity contribution in [3.05, 3.63) is 23.8 Å². The van der Waals surface area contributed by atoms with Crippen LogP contribution in [0.3, 0.4) is 0 Å². The van der Waals surface area contributed by atoms with E-state index in [2.05, 4.69) is 37.9 Å². The molecule has 0 aromatic heterocycles. The zero-order valence-corrected chi connectivity index (χ0v) is 12.1. The fourth-order valence-electron chi connectivity index (χ4n) is 2.24. The molecule has 0 radical (unpaired) electrons. The number of fused-ring (bicyclic) bond motifs is 1. The molecule has 0 bridgehead atoms. The molecule has 0 unspecified atom stereocenters. The van der Waals surface area contributed by atoms with Crippen molar-refractivity contribution in [2.24, 2.45) is 5.73 Å². The Balaban J connectivity index is 1.92. The molecule has 0 saturated heterocycles. The topological polar surface area (TPSA) is 47.7 Å². The van der Waals surface area contributed by atoms with Gasteiger partial charge in [0.15, 0.2) is 11.5 Å². The van der Waals surface area contributed by atoms with Crippen molar-refractivity contribution in [1.29, 1.82) is 0 Å². The summed E-state index contributed by atoms with van der Waals surface area (Å²) in [5.41, 5.74) is 7.09. The van der Waals surface area contributed by atoms with Crippen molar-refractivity contribution in [3.8, 4) is 11.5 Å². The molecule has 2 rings (SSSR count). The lowest BCUT2D eigenvalue weighted by atomic mass is 9.98. The molecule has 1 heterocycles. The Bertz CT molecular complexity index is 432. The molecular weight excluding hydrogens is 240 g/mol. The van der Waals surface area contributed by atoms with E-state index in [0.717, 1.165) is 37.4 Å². The molecule has 4 nitrogen and oxygen atoms in total. The van der Waals surface area contributed by atoms with E-state index < -0.39 is 0 Å². The van der Waals surface area contributed by atoms with Crippen molar-refractivity contribution < 1.29 is 9.47 Å². The molecular formula is C15H24N2O2. The molecule has 106 valence electrons. The SMILES string of the molecule is CN(CCc1ccc2c(c1)OCO2)C(C)(C)CCN. The lowest BCUT2D eigenvalue weighted by Gasteiger charge is -2.35. The minimum absolute atomic E-state index is 0.144. The van der Waals surface area contributed by atoms with Crippen LogP contribution in [-0.4, -0.2) is 37.4 Å². The summed E-state index contributed by atoms with van der Waals surface area (Å²) in [6.45, 7) is 6.54. The molecule has 0 saturated carbocycles. The number of hydrogen-bond donors (Lipinski definition) is 1. The lowest BCUT2D eigenvalue weighted by molar-refractivity contribution is 0.150. The first-order valence-electron chi connectivity index (χ1n) is 6.83. The highest BCUT2D eigenvalue weighted by Crippen LogP contribution is 2.32. The average molecular weight is 264 g/mol. The minimum atomic E-state index is 0.144. The van der Waals surface area contributed by atoms with Gasteiger partial charge in [0, 0.05) is 12.1 Å². The lowest BCUT2D eigenvalue weighted by Crippen LogP contribution is -2.43. The number of rotatable bonds is 6. The number of likely N-dealkylation sites (N-methyl/N-ethyl adjacent to an activating group) is 1. The van der Waals surface area contributed by atoms with Gasteiger partial charge in [-0.3, -0.25) is 0 Å². The highest BCUT2D eigenvalue weighted by atomic mass is 16.7. The fourth-order valence-corrected chi connectivity index (χ4v) is 2.24. The Labute approximate surface area is 115 Å². The van der Waals surface area contributed by atoms with Gasteiger partial charge in [-0.1, -0.05) is 6.07 Å². The van der Waals surface area contributed by atoms with Gasteiger partial charge in [-0.05, 0) is 58.0 Å². The van der Waals surface area contributed by atoms with Gasteiger partial charge in [0.25, 0.3) is 0 Å². The van der Waals surface area contributed by atoms with Crippen LogP contribution in [0, 0.1) is 0 Å². The van der Waals surface area contributed by atoms with Gasteiger partial charge in [0.05, 0.1) is 0 Å². The maximum Gasteiger partial charge on any atom is 0.231 e. The summed E-state index contributed by atoms with van der Waals surface area (Å²) in [6.07, 6.45) is 2.01. The zero-order chi connectivity index (χ0) is 13.9. The smallest absolute Gasteiger partial charge is 0.231 e. The van der Waals surface area contributed by atoms with E-state index in [1.807, 2.05) is 6.07 Å². The van der Waals surface area contributed by atoms with Crippen LogP contribution in [0.2, 0.25) is 0 Å². The Kier molecular flexibility index (Phi) is 4.32. The van der Waals surface area contributed by atoms with Crippen molar-refractivity contribution >= 4 is 0 Å². The summed E-state index contributed by atoms with van der Waals surface area (Å²) in [6, 6.07) is 6.17. The average Bonchev–Trinajstić information content (AvgIpc) is 2.83. The van der Waals surface area contributed by atoms with E-state index in [4.69, 9.17) is 15.2 Å². The van der Waals surface area contributed by atoms with E-state index >= 15 is 0 Å². The molecule has 0 aliphatic carbocycles. The van der Waals surface area contributed by atoms with Crippen LogP contribution in [0.4, 0.5) is 0 Å². The summed E-state index contributed by atoms with van der Waals surface area (Å²) < 4.78 is 10.7. The maximum atomic E-state index is 5.66. The first-order chi connectivity index (χ1) is 9.03. The van der Waals surface area contributed by atoms with Crippen molar-refractivity contribution in [3.63, 3.8) is 0 Å². The van der Waals surface area contributed by atoms with Crippen LogP contribution < -0.4 is 15.2 Å². The second-order valence-corrected chi connectivity index (χ2v) is 5.71. The number of hydrogen-bond acceptors (Lipinski definition) is 4. The van der Waals surface area contributed by atoms with Gasteiger partial charge >= 0.3 is 0 Å². The van der Waals surface area contributed by atoms with E-state index in [0.29, 0.717) is 6.79 Å². The van der Waals surface area contributed by atoms with Crippen LogP contribution in [-0.2, 0) is 6.42 Å². The van der Waals surface area contributed by atoms with Gasteiger partial charge in [-0.2, -0.15) is 0 Å². The second-order valence-electron chi connectivity index (χ2n) is 5.71. The standard InChI is InChI=1S/C15H24N2O2/c1-15(2,7-8-16)17(3)9-6-12-4-5-13-14(10-12)19-11-18-13/h4-5,10H,6-9,11,16H2,1-3H3. The highest BCUT2D eigenvalue weighted by Gasteiger charge is 2.22. The third kappa shape index (κ3) is 3.39. The minimum Gasteiger partial charge on any atom is -0.454 e. The molecule has 2 N–H and O–H groups in total. The van der Waals surface area contributed by atoms with Crippen LogP contribution >= 0.6 is 0 Å². The molecule has 19 heavy (non-hydrogen) atoms. The normalized spacial score (nSPS) is 14.2. The van der Waals surface area contributed by atoms with Gasteiger partial charge in [0.2, 0.25) is 6.79 Å². The van der Waals surface area contributed by atoms with Crippen molar-refractivity contribution in [2.75, 3.05) is 26.9 Å². The van der Waals surface area contributed by atoms with Gasteiger partial charge in [-0.15, -0.1) is 0 Å². The summed E-state index contributed by atoms with van der Waals surface area (Å²) in [5, 5.41) is 0. The van der Waals surface area contributed by atoms with Crippen LogP contribution in [0.25, 0.3) is 0 Å². The molecule has 4 heteroatoms. The zero-order valence-electron chi connectivity index (χ0n) is 12.1. The Hall–Kier alpha value is -1.26. The van der Waals surface area contributed by atoms with E-state index in [1.54, 1.807) is 0 Å².